The Balaban J connectivity index is 1.81. The quantitative estimate of drug-likeness (QED) is 0.804. The summed E-state index contributed by atoms with van der Waals surface area (Å²) < 4.78 is 0. The van der Waals surface area contributed by atoms with Crippen LogP contribution in [0.4, 0.5) is 10.5 Å². The topological polar surface area (TPSA) is 69.7 Å². The van der Waals surface area contributed by atoms with Crippen molar-refractivity contribution < 1.29 is 14.4 Å². The van der Waals surface area contributed by atoms with Crippen molar-refractivity contribution in [1.82, 2.24) is 10.2 Å². The number of amides is 4. The van der Waals surface area contributed by atoms with Crippen LogP contribution in [0, 0.1) is 0 Å². The standard InChI is InChI=1S/C20H20ClN3O3/c1-3-23(16-7-5-4-6-8-16)17(25)13-24-18(26)20(2,22-19(24)27)14-9-11-15(21)12-10-14/h4-12H,3,13H2,1-2H3,(H,22,27). The Morgan fingerprint density at radius 2 is 1.74 bits per heavy atom. The van der Waals surface area contributed by atoms with Crippen molar-refractivity contribution in [3.8, 4) is 0 Å². The summed E-state index contributed by atoms with van der Waals surface area (Å²) in [5, 5.41) is 3.23. The molecule has 0 bridgehead atoms. The Morgan fingerprint density at radius 1 is 1.11 bits per heavy atom. The van der Waals surface area contributed by atoms with Crippen molar-refractivity contribution in [2.24, 2.45) is 0 Å². The lowest BCUT2D eigenvalue weighted by Crippen LogP contribution is -2.44. The molecule has 1 heterocycles. The summed E-state index contributed by atoms with van der Waals surface area (Å²) in [6.45, 7) is 3.57. The Morgan fingerprint density at radius 3 is 2.33 bits per heavy atom. The van der Waals surface area contributed by atoms with Crippen LogP contribution in [0.5, 0.6) is 0 Å². The van der Waals surface area contributed by atoms with Gasteiger partial charge in [0.1, 0.15) is 12.1 Å². The molecule has 0 aliphatic carbocycles. The highest BCUT2D eigenvalue weighted by molar-refractivity contribution is 6.30. The second-order valence-electron chi connectivity index (χ2n) is 6.43. The van der Waals surface area contributed by atoms with Crippen molar-refractivity contribution in [1.29, 1.82) is 0 Å². The summed E-state index contributed by atoms with van der Waals surface area (Å²) in [5.41, 5.74) is 0.0966. The molecule has 1 aliphatic rings. The van der Waals surface area contributed by atoms with Crippen LogP contribution in [-0.4, -0.2) is 35.8 Å². The fourth-order valence-electron chi connectivity index (χ4n) is 3.15. The minimum atomic E-state index is -1.23. The molecule has 2 aromatic carbocycles. The summed E-state index contributed by atoms with van der Waals surface area (Å²) in [6.07, 6.45) is 0. The maximum atomic E-state index is 12.9. The van der Waals surface area contributed by atoms with Gasteiger partial charge in [0.25, 0.3) is 5.91 Å². The van der Waals surface area contributed by atoms with Crippen molar-refractivity contribution in [2.75, 3.05) is 18.0 Å². The molecule has 1 fully saturated rings. The number of rotatable bonds is 5. The van der Waals surface area contributed by atoms with Crippen molar-refractivity contribution >= 4 is 35.1 Å². The third-order valence-electron chi connectivity index (χ3n) is 4.68. The molecule has 1 N–H and O–H groups in total. The molecule has 1 atom stereocenters. The van der Waals surface area contributed by atoms with Crippen LogP contribution in [-0.2, 0) is 15.1 Å². The molecular weight excluding hydrogens is 366 g/mol. The lowest BCUT2D eigenvalue weighted by Gasteiger charge is -2.24. The Kier molecular flexibility index (Phi) is 5.19. The highest BCUT2D eigenvalue weighted by Crippen LogP contribution is 2.29. The molecule has 7 heteroatoms. The van der Waals surface area contributed by atoms with E-state index in [1.54, 1.807) is 36.1 Å². The number of anilines is 1. The van der Waals surface area contributed by atoms with E-state index in [4.69, 9.17) is 11.6 Å². The van der Waals surface area contributed by atoms with Crippen LogP contribution in [0.25, 0.3) is 0 Å². The smallest absolute Gasteiger partial charge is 0.319 e. The number of carbonyl (C=O) groups is 3. The van der Waals surface area contributed by atoms with Gasteiger partial charge >= 0.3 is 6.03 Å². The van der Waals surface area contributed by atoms with Gasteiger partial charge in [0.2, 0.25) is 5.91 Å². The normalized spacial score (nSPS) is 19.1. The molecule has 140 valence electrons. The molecule has 1 saturated heterocycles. The highest BCUT2D eigenvalue weighted by Gasteiger charge is 2.49. The van der Waals surface area contributed by atoms with E-state index in [2.05, 4.69) is 5.32 Å². The van der Waals surface area contributed by atoms with E-state index < -0.39 is 17.5 Å². The molecule has 1 unspecified atom stereocenters. The fraction of sp³-hybridized carbons (Fsp3) is 0.250. The first kappa shape index (κ1) is 18.9. The van der Waals surface area contributed by atoms with Gasteiger partial charge in [-0.15, -0.1) is 0 Å². The lowest BCUT2D eigenvalue weighted by atomic mass is 9.92. The van der Waals surface area contributed by atoms with E-state index in [0.717, 1.165) is 10.6 Å². The monoisotopic (exact) mass is 385 g/mol. The molecule has 0 spiro atoms. The van der Waals surface area contributed by atoms with E-state index in [0.29, 0.717) is 17.1 Å². The van der Waals surface area contributed by atoms with Gasteiger partial charge in [-0.05, 0) is 43.7 Å². The first-order valence-corrected chi connectivity index (χ1v) is 9.00. The largest absolute Gasteiger partial charge is 0.325 e. The summed E-state index contributed by atoms with van der Waals surface area (Å²) in [4.78, 5) is 40.6. The van der Waals surface area contributed by atoms with E-state index in [1.807, 2.05) is 37.3 Å². The van der Waals surface area contributed by atoms with Crippen LogP contribution >= 0.6 is 11.6 Å². The molecular formula is C20H20ClN3O3. The number of likely N-dealkylation sites (N-methyl/N-ethyl adjacent to an activating group) is 1. The van der Waals surface area contributed by atoms with Crippen LogP contribution in [0.15, 0.2) is 54.6 Å². The highest BCUT2D eigenvalue weighted by atomic mass is 35.5. The van der Waals surface area contributed by atoms with Crippen LogP contribution in [0.2, 0.25) is 5.02 Å². The van der Waals surface area contributed by atoms with Gasteiger partial charge in [0.05, 0.1) is 0 Å². The zero-order valence-corrected chi connectivity index (χ0v) is 15.9. The molecule has 1 aliphatic heterocycles. The first-order chi connectivity index (χ1) is 12.9. The number of carbonyl (C=O) groups excluding carboxylic acids is 3. The van der Waals surface area contributed by atoms with Crippen LogP contribution in [0.1, 0.15) is 19.4 Å². The molecule has 0 saturated carbocycles. The number of urea groups is 1. The van der Waals surface area contributed by atoms with Crippen molar-refractivity contribution in [2.45, 2.75) is 19.4 Å². The molecule has 0 aromatic heterocycles. The Labute approximate surface area is 162 Å². The van der Waals surface area contributed by atoms with Gasteiger partial charge in [0, 0.05) is 17.3 Å². The van der Waals surface area contributed by atoms with E-state index in [-0.39, 0.29) is 12.5 Å². The predicted molar refractivity (Wildman–Crippen MR) is 104 cm³/mol. The summed E-state index contributed by atoms with van der Waals surface area (Å²) in [7, 11) is 0. The average molecular weight is 386 g/mol. The average Bonchev–Trinajstić information content (AvgIpc) is 2.88. The summed E-state index contributed by atoms with van der Waals surface area (Å²) in [6, 6.07) is 15.2. The zero-order chi connectivity index (χ0) is 19.6. The minimum Gasteiger partial charge on any atom is -0.319 e. The number of benzene rings is 2. The van der Waals surface area contributed by atoms with Gasteiger partial charge in [0.15, 0.2) is 0 Å². The second-order valence-corrected chi connectivity index (χ2v) is 6.86. The van der Waals surface area contributed by atoms with E-state index >= 15 is 0 Å². The first-order valence-electron chi connectivity index (χ1n) is 8.62. The number of nitrogens with zero attached hydrogens (tertiary/aromatic N) is 2. The van der Waals surface area contributed by atoms with Gasteiger partial charge in [-0.1, -0.05) is 41.9 Å². The van der Waals surface area contributed by atoms with Gasteiger partial charge in [-0.2, -0.15) is 0 Å². The molecule has 6 nitrogen and oxygen atoms in total. The lowest BCUT2D eigenvalue weighted by molar-refractivity contribution is -0.134. The van der Waals surface area contributed by atoms with E-state index in [9.17, 15) is 14.4 Å². The Bertz CT molecular complexity index is 870. The number of hydrogen-bond acceptors (Lipinski definition) is 3. The fourth-order valence-corrected chi connectivity index (χ4v) is 3.28. The minimum absolute atomic E-state index is 0.323. The van der Waals surface area contributed by atoms with Crippen LogP contribution < -0.4 is 10.2 Å². The third kappa shape index (κ3) is 3.53. The number of nitrogens with one attached hydrogen (secondary N) is 1. The van der Waals surface area contributed by atoms with Gasteiger partial charge in [-0.25, -0.2) is 4.79 Å². The van der Waals surface area contributed by atoms with Gasteiger partial charge < -0.3 is 10.2 Å². The molecule has 4 amide bonds. The number of halogens is 1. The number of para-hydroxylation sites is 1. The second kappa shape index (κ2) is 7.40. The van der Waals surface area contributed by atoms with Crippen molar-refractivity contribution in [3.05, 3.63) is 65.2 Å². The Hall–Kier alpha value is -2.86. The molecule has 2 aromatic rings. The summed E-state index contributed by atoms with van der Waals surface area (Å²) >= 11 is 5.90. The zero-order valence-electron chi connectivity index (χ0n) is 15.1. The molecule has 3 rings (SSSR count). The SMILES string of the molecule is CCN(C(=O)CN1C(=O)NC(C)(c2ccc(Cl)cc2)C1=O)c1ccccc1. The number of hydrogen-bond donors (Lipinski definition) is 1. The van der Waals surface area contributed by atoms with Crippen molar-refractivity contribution in [3.63, 3.8) is 0 Å². The maximum Gasteiger partial charge on any atom is 0.325 e. The maximum absolute atomic E-state index is 12.9. The number of imide groups is 1. The molecule has 0 radical (unpaired) electrons. The predicted octanol–water partition coefficient (Wildman–Crippen LogP) is 3.16. The third-order valence-corrected chi connectivity index (χ3v) is 4.93. The van der Waals surface area contributed by atoms with Crippen LogP contribution in [0.3, 0.4) is 0 Å². The van der Waals surface area contributed by atoms with Gasteiger partial charge in [-0.3, -0.25) is 14.5 Å². The molecule has 27 heavy (non-hydrogen) atoms. The van der Waals surface area contributed by atoms with E-state index in [1.165, 1.54) is 0 Å². The summed E-state index contributed by atoms with van der Waals surface area (Å²) in [5.74, 6) is -0.792.